The molecule has 0 saturated carbocycles. The molecule has 1 aromatic carbocycles. The number of nitrogens with zero attached hydrogens (tertiary/aromatic N) is 2. The Morgan fingerprint density at radius 3 is 3.00 bits per heavy atom. The number of hydrogen-bond donors (Lipinski definition) is 2. The lowest BCUT2D eigenvalue weighted by molar-refractivity contribution is -0.137. The number of methoxy groups -OCH3 is 1. The number of halogens is 1. The Kier molecular flexibility index (Phi) is 8.80. The van der Waals surface area contributed by atoms with E-state index in [1.165, 1.54) is 5.56 Å². The number of anilines is 1. The van der Waals surface area contributed by atoms with E-state index in [0.717, 1.165) is 36.5 Å². The first-order valence-electron chi connectivity index (χ1n) is 12.9. The van der Waals surface area contributed by atoms with Crippen molar-refractivity contribution in [1.29, 1.82) is 0 Å². The molecule has 196 valence electrons. The van der Waals surface area contributed by atoms with Gasteiger partial charge in [-0.2, -0.15) is 0 Å². The number of likely N-dealkylation sites (tertiary alicyclic amines) is 1. The fraction of sp³-hybridized carbons (Fsp3) is 0.571. The van der Waals surface area contributed by atoms with Crippen molar-refractivity contribution in [1.82, 2.24) is 9.88 Å². The monoisotopic (exact) mass is 499 g/mol. The van der Waals surface area contributed by atoms with E-state index in [-0.39, 0.29) is 18.4 Å². The number of fused-ring (bicyclic) bond motifs is 1. The Balaban J connectivity index is 1.35. The second kappa shape index (κ2) is 12.0. The summed E-state index contributed by atoms with van der Waals surface area (Å²) in [4.78, 5) is 18.4. The fourth-order valence-electron chi connectivity index (χ4n) is 5.09. The summed E-state index contributed by atoms with van der Waals surface area (Å²) in [5.74, 6) is 0.512. The van der Waals surface area contributed by atoms with E-state index >= 15 is 4.39 Å². The van der Waals surface area contributed by atoms with E-state index in [1.807, 2.05) is 37.3 Å². The quantitative estimate of drug-likeness (QED) is 0.446. The lowest BCUT2D eigenvalue weighted by Crippen LogP contribution is -2.32. The first-order chi connectivity index (χ1) is 17.3. The molecule has 36 heavy (non-hydrogen) atoms. The highest BCUT2D eigenvalue weighted by atomic mass is 19.1. The predicted octanol–water partition coefficient (Wildman–Crippen LogP) is 4.46. The molecule has 7 nitrogen and oxygen atoms in total. The Labute approximate surface area is 213 Å². The van der Waals surface area contributed by atoms with Crippen LogP contribution in [0.15, 0.2) is 36.4 Å². The first-order valence-corrected chi connectivity index (χ1v) is 12.9. The molecular formula is C28H38FN3O4. The minimum absolute atomic E-state index is 0.0141. The zero-order chi connectivity index (χ0) is 25.5. The molecular weight excluding hydrogens is 461 g/mol. The summed E-state index contributed by atoms with van der Waals surface area (Å²) >= 11 is 0. The van der Waals surface area contributed by atoms with Crippen molar-refractivity contribution in [3.8, 4) is 5.75 Å². The maximum Gasteiger partial charge on any atom is 0.304 e. The van der Waals surface area contributed by atoms with Gasteiger partial charge in [-0.15, -0.1) is 0 Å². The van der Waals surface area contributed by atoms with E-state index in [1.54, 1.807) is 7.11 Å². The molecule has 2 N–H and O–H groups in total. The van der Waals surface area contributed by atoms with Crippen LogP contribution in [0.4, 0.5) is 10.2 Å². The highest BCUT2D eigenvalue weighted by Crippen LogP contribution is 2.33. The molecule has 1 aromatic heterocycles. The maximum absolute atomic E-state index is 15.7. The number of carboxylic acids is 1. The molecule has 2 aromatic rings. The minimum Gasteiger partial charge on any atom is -0.491 e. The number of aromatic nitrogens is 1. The van der Waals surface area contributed by atoms with Gasteiger partial charge in [0, 0.05) is 44.9 Å². The van der Waals surface area contributed by atoms with Crippen LogP contribution in [0.5, 0.6) is 5.75 Å². The van der Waals surface area contributed by atoms with Gasteiger partial charge < -0.3 is 19.9 Å². The molecule has 0 amide bonds. The molecule has 0 unspecified atom stereocenters. The number of benzene rings is 1. The molecule has 0 aliphatic carbocycles. The van der Waals surface area contributed by atoms with Gasteiger partial charge in [-0.3, -0.25) is 9.69 Å². The zero-order valence-corrected chi connectivity index (χ0v) is 21.3. The van der Waals surface area contributed by atoms with Gasteiger partial charge in [-0.25, -0.2) is 9.37 Å². The molecule has 2 aliphatic heterocycles. The van der Waals surface area contributed by atoms with Crippen molar-refractivity contribution in [3.63, 3.8) is 0 Å². The molecule has 2 aliphatic rings. The van der Waals surface area contributed by atoms with E-state index < -0.39 is 11.6 Å². The molecule has 3 atom stereocenters. The van der Waals surface area contributed by atoms with E-state index in [4.69, 9.17) is 14.5 Å². The van der Waals surface area contributed by atoms with Crippen LogP contribution in [-0.2, 0) is 22.4 Å². The Hall–Kier alpha value is -2.71. The largest absolute Gasteiger partial charge is 0.491 e. The van der Waals surface area contributed by atoms with Crippen LogP contribution in [-0.4, -0.2) is 72.6 Å². The molecule has 0 radical (unpaired) electrons. The maximum atomic E-state index is 15.7. The van der Waals surface area contributed by atoms with E-state index in [0.29, 0.717) is 51.3 Å². The number of hydrogen-bond acceptors (Lipinski definition) is 6. The number of pyridine rings is 1. The van der Waals surface area contributed by atoms with Crippen molar-refractivity contribution >= 4 is 11.8 Å². The fourth-order valence-corrected chi connectivity index (χ4v) is 5.09. The lowest BCUT2D eigenvalue weighted by Gasteiger charge is -2.25. The number of aliphatic carboxylic acids is 1. The van der Waals surface area contributed by atoms with Gasteiger partial charge >= 0.3 is 5.97 Å². The average molecular weight is 500 g/mol. The van der Waals surface area contributed by atoms with Crippen molar-refractivity contribution in [2.75, 3.05) is 45.2 Å². The number of aryl methyl sites for hydroxylation is 2. The van der Waals surface area contributed by atoms with Crippen LogP contribution < -0.4 is 10.1 Å². The third-order valence-corrected chi connectivity index (χ3v) is 7.28. The van der Waals surface area contributed by atoms with Gasteiger partial charge in [0.1, 0.15) is 23.8 Å². The second-order valence-electron chi connectivity index (χ2n) is 10.2. The SMILES string of the molecule is CO[C@@H](C)COc1cccc([C@H](CC(=O)O)CN2CC[C@@](F)(CCc3ccc4c(n3)NCCC4)C2)c1. The molecule has 1 saturated heterocycles. The van der Waals surface area contributed by atoms with Crippen molar-refractivity contribution in [2.24, 2.45) is 0 Å². The van der Waals surface area contributed by atoms with Crippen molar-refractivity contribution in [3.05, 3.63) is 53.2 Å². The van der Waals surface area contributed by atoms with Gasteiger partial charge in [0.2, 0.25) is 0 Å². The molecule has 4 rings (SSSR count). The first kappa shape index (κ1) is 26.4. The summed E-state index contributed by atoms with van der Waals surface area (Å²) in [6.45, 7) is 4.70. The molecule has 8 heteroatoms. The second-order valence-corrected chi connectivity index (χ2v) is 10.2. The average Bonchev–Trinajstić information content (AvgIpc) is 3.26. The van der Waals surface area contributed by atoms with Gasteiger partial charge in [0.05, 0.1) is 12.5 Å². The van der Waals surface area contributed by atoms with Crippen molar-refractivity contribution < 1.29 is 23.8 Å². The van der Waals surface area contributed by atoms with Crippen LogP contribution in [0, 0.1) is 0 Å². The zero-order valence-electron chi connectivity index (χ0n) is 21.3. The number of carbonyl (C=O) groups is 1. The summed E-state index contributed by atoms with van der Waals surface area (Å²) in [5.41, 5.74) is 1.75. The Morgan fingerprint density at radius 1 is 1.33 bits per heavy atom. The van der Waals surface area contributed by atoms with Crippen molar-refractivity contribution in [2.45, 2.75) is 63.1 Å². The van der Waals surface area contributed by atoms with Crippen LogP contribution in [0.3, 0.4) is 0 Å². The number of ether oxygens (including phenoxy) is 2. The third kappa shape index (κ3) is 7.17. The Bertz CT molecular complexity index is 1040. The summed E-state index contributed by atoms with van der Waals surface area (Å²) < 4.78 is 26.8. The van der Waals surface area contributed by atoms with Crippen LogP contribution in [0.25, 0.3) is 0 Å². The lowest BCUT2D eigenvalue weighted by atomic mass is 9.94. The molecule has 0 bridgehead atoms. The minimum atomic E-state index is -1.29. The number of alkyl halides is 1. The van der Waals surface area contributed by atoms with Crippen LogP contribution in [0.2, 0.25) is 0 Å². The topological polar surface area (TPSA) is 83.9 Å². The summed E-state index contributed by atoms with van der Waals surface area (Å²) in [6.07, 6.45) is 3.56. The van der Waals surface area contributed by atoms with Gasteiger partial charge in [0.15, 0.2) is 0 Å². The predicted molar refractivity (Wildman–Crippen MR) is 138 cm³/mol. The van der Waals surface area contributed by atoms with E-state index in [9.17, 15) is 9.90 Å². The number of carboxylic acid groups (broad SMARTS) is 1. The van der Waals surface area contributed by atoms with E-state index in [2.05, 4.69) is 16.3 Å². The van der Waals surface area contributed by atoms with Gasteiger partial charge in [-0.1, -0.05) is 18.2 Å². The molecule has 0 spiro atoms. The Morgan fingerprint density at radius 2 is 2.19 bits per heavy atom. The highest BCUT2D eigenvalue weighted by molar-refractivity contribution is 5.68. The van der Waals surface area contributed by atoms with Gasteiger partial charge in [0.25, 0.3) is 0 Å². The van der Waals surface area contributed by atoms with Crippen LogP contribution in [0.1, 0.15) is 55.3 Å². The highest BCUT2D eigenvalue weighted by Gasteiger charge is 2.39. The number of rotatable bonds is 12. The molecule has 1 fully saturated rings. The number of nitrogens with one attached hydrogen (secondary N) is 1. The third-order valence-electron chi connectivity index (χ3n) is 7.28. The summed E-state index contributed by atoms with van der Waals surface area (Å²) in [5, 5.41) is 12.9. The standard InChI is InChI=1S/C28H38FN3O4/c1-20(35-2)18-36-25-7-3-5-22(15-25)23(16-26(33)34)17-32-14-12-28(29,19-32)11-10-24-9-8-21-6-4-13-30-27(21)31-24/h3,5,7-9,15,20,23H,4,6,10-14,16-19H2,1-2H3,(H,30,31)(H,33,34)/t20-,23+,28-/m0/s1. The summed E-state index contributed by atoms with van der Waals surface area (Å²) in [6, 6.07) is 11.7. The van der Waals surface area contributed by atoms with Gasteiger partial charge in [-0.05, 0) is 68.4 Å². The smallest absolute Gasteiger partial charge is 0.304 e. The normalized spacial score (nSPS) is 21.4. The van der Waals surface area contributed by atoms with Crippen LogP contribution >= 0.6 is 0 Å². The molecule has 3 heterocycles. The summed E-state index contributed by atoms with van der Waals surface area (Å²) in [7, 11) is 1.63.